The van der Waals surface area contributed by atoms with Gasteiger partial charge >= 0.3 is 0 Å². The molecule has 0 fully saturated rings. The molecule has 126 valence electrons. The van der Waals surface area contributed by atoms with Gasteiger partial charge in [-0.3, -0.25) is 9.78 Å². The lowest BCUT2D eigenvalue weighted by Crippen LogP contribution is -2.12. The SMILES string of the molecule is NC(=O)c1ccc(CNc2c3c(nc4ccccc24)CCCC3)cc1. The van der Waals surface area contributed by atoms with E-state index in [-0.39, 0.29) is 0 Å². The predicted molar refractivity (Wildman–Crippen MR) is 101 cm³/mol. The normalized spacial score (nSPS) is 13.4. The third kappa shape index (κ3) is 3.07. The molecule has 3 aromatic rings. The Kier molecular flexibility index (Phi) is 4.10. The molecule has 4 nitrogen and oxygen atoms in total. The second-order valence-corrected chi connectivity index (χ2v) is 6.55. The number of primary amides is 1. The fourth-order valence-electron chi connectivity index (χ4n) is 3.55. The molecular weight excluding hydrogens is 310 g/mol. The highest BCUT2D eigenvalue weighted by molar-refractivity contribution is 5.94. The van der Waals surface area contributed by atoms with Crippen molar-refractivity contribution >= 4 is 22.5 Å². The zero-order valence-electron chi connectivity index (χ0n) is 14.1. The summed E-state index contributed by atoms with van der Waals surface area (Å²) in [5.41, 5.74) is 11.8. The zero-order chi connectivity index (χ0) is 17.2. The number of aryl methyl sites for hydroxylation is 1. The van der Waals surface area contributed by atoms with Crippen LogP contribution >= 0.6 is 0 Å². The molecular formula is C21H21N3O. The van der Waals surface area contributed by atoms with E-state index in [1.54, 1.807) is 12.1 Å². The number of nitrogens with two attached hydrogens (primary N) is 1. The Labute approximate surface area is 147 Å². The van der Waals surface area contributed by atoms with Crippen molar-refractivity contribution in [2.45, 2.75) is 32.2 Å². The maximum atomic E-state index is 11.2. The van der Waals surface area contributed by atoms with Crippen LogP contribution in [0.1, 0.15) is 40.0 Å². The van der Waals surface area contributed by atoms with Crippen molar-refractivity contribution in [2.75, 3.05) is 5.32 Å². The Morgan fingerprint density at radius 1 is 1.04 bits per heavy atom. The van der Waals surface area contributed by atoms with Crippen LogP contribution in [0.4, 0.5) is 5.69 Å². The first-order valence-corrected chi connectivity index (χ1v) is 8.75. The Morgan fingerprint density at radius 3 is 2.60 bits per heavy atom. The average Bonchev–Trinajstić information content (AvgIpc) is 2.65. The van der Waals surface area contributed by atoms with Crippen LogP contribution in [-0.4, -0.2) is 10.9 Å². The van der Waals surface area contributed by atoms with Gasteiger partial charge in [0.05, 0.1) is 5.52 Å². The molecule has 1 aliphatic rings. The molecule has 0 atom stereocenters. The third-order valence-corrected chi connectivity index (χ3v) is 4.88. The van der Waals surface area contributed by atoms with Crippen LogP contribution in [0.3, 0.4) is 0 Å². The maximum absolute atomic E-state index is 11.2. The average molecular weight is 331 g/mol. The van der Waals surface area contributed by atoms with E-state index in [1.807, 2.05) is 18.2 Å². The first kappa shape index (κ1) is 15.6. The van der Waals surface area contributed by atoms with Crippen LogP contribution in [0.2, 0.25) is 0 Å². The molecule has 1 amide bonds. The molecule has 0 spiro atoms. The number of nitrogens with zero attached hydrogens (tertiary/aromatic N) is 1. The Bertz CT molecular complexity index is 932. The van der Waals surface area contributed by atoms with E-state index in [0.717, 1.165) is 23.9 Å². The molecule has 0 unspecified atom stereocenters. The number of nitrogens with one attached hydrogen (secondary N) is 1. The minimum absolute atomic E-state index is 0.395. The number of aromatic nitrogens is 1. The Morgan fingerprint density at radius 2 is 1.80 bits per heavy atom. The lowest BCUT2D eigenvalue weighted by atomic mass is 9.92. The number of pyridine rings is 1. The highest BCUT2D eigenvalue weighted by Crippen LogP contribution is 2.33. The summed E-state index contributed by atoms with van der Waals surface area (Å²) in [6.07, 6.45) is 4.57. The minimum atomic E-state index is -0.395. The van der Waals surface area contributed by atoms with Gasteiger partial charge in [0.25, 0.3) is 0 Å². The smallest absolute Gasteiger partial charge is 0.248 e. The van der Waals surface area contributed by atoms with E-state index in [4.69, 9.17) is 10.7 Å². The predicted octanol–water partition coefficient (Wildman–Crippen LogP) is 3.82. The van der Waals surface area contributed by atoms with E-state index < -0.39 is 5.91 Å². The van der Waals surface area contributed by atoms with Gasteiger partial charge in [0.2, 0.25) is 5.91 Å². The van der Waals surface area contributed by atoms with Crippen molar-refractivity contribution in [2.24, 2.45) is 5.73 Å². The standard InChI is InChI=1S/C21H21N3O/c22-21(25)15-11-9-14(10-12-15)13-23-20-16-5-1-3-7-18(16)24-19-8-4-2-6-17(19)20/h1,3,5,7,9-12H,2,4,6,8,13H2,(H2,22,25)(H,23,24). The van der Waals surface area contributed by atoms with E-state index in [2.05, 4.69) is 23.5 Å². The van der Waals surface area contributed by atoms with E-state index in [9.17, 15) is 4.79 Å². The molecule has 1 heterocycles. The number of anilines is 1. The van der Waals surface area contributed by atoms with Gasteiger partial charge in [-0.15, -0.1) is 0 Å². The number of carbonyl (C=O) groups is 1. The third-order valence-electron chi connectivity index (χ3n) is 4.88. The van der Waals surface area contributed by atoms with E-state index in [0.29, 0.717) is 12.1 Å². The van der Waals surface area contributed by atoms with Crippen LogP contribution in [0.15, 0.2) is 48.5 Å². The molecule has 25 heavy (non-hydrogen) atoms. The molecule has 1 aliphatic carbocycles. The van der Waals surface area contributed by atoms with Crippen molar-refractivity contribution in [1.82, 2.24) is 4.98 Å². The first-order chi connectivity index (χ1) is 12.2. The molecule has 3 N–H and O–H groups in total. The quantitative estimate of drug-likeness (QED) is 0.763. The van der Waals surface area contributed by atoms with Gasteiger partial charge < -0.3 is 11.1 Å². The number of hydrogen-bond acceptors (Lipinski definition) is 3. The van der Waals surface area contributed by atoms with Crippen LogP contribution in [0, 0.1) is 0 Å². The summed E-state index contributed by atoms with van der Waals surface area (Å²) in [7, 11) is 0. The van der Waals surface area contributed by atoms with Gasteiger partial charge in [0, 0.05) is 28.9 Å². The molecule has 0 aliphatic heterocycles. The van der Waals surface area contributed by atoms with Crippen molar-refractivity contribution in [3.63, 3.8) is 0 Å². The number of rotatable bonds is 4. The summed E-state index contributed by atoms with van der Waals surface area (Å²) in [5, 5.41) is 4.80. The lowest BCUT2D eigenvalue weighted by Gasteiger charge is -2.21. The second kappa shape index (κ2) is 6.55. The van der Waals surface area contributed by atoms with Crippen molar-refractivity contribution < 1.29 is 4.79 Å². The number of benzene rings is 2. The number of hydrogen-bond donors (Lipinski definition) is 2. The van der Waals surface area contributed by atoms with Gasteiger partial charge in [-0.25, -0.2) is 0 Å². The van der Waals surface area contributed by atoms with E-state index in [1.165, 1.54) is 35.2 Å². The van der Waals surface area contributed by atoms with Gasteiger partial charge in [0.15, 0.2) is 0 Å². The monoisotopic (exact) mass is 331 g/mol. The highest BCUT2D eigenvalue weighted by atomic mass is 16.1. The van der Waals surface area contributed by atoms with Crippen LogP contribution in [-0.2, 0) is 19.4 Å². The summed E-state index contributed by atoms with van der Waals surface area (Å²) < 4.78 is 0. The molecule has 0 saturated heterocycles. The number of carbonyl (C=O) groups excluding carboxylic acids is 1. The number of fused-ring (bicyclic) bond motifs is 2. The Balaban J connectivity index is 1.67. The topological polar surface area (TPSA) is 68.0 Å². The summed E-state index contributed by atoms with van der Waals surface area (Å²) in [6, 6.07) is 15.8. The summed E-state index contributed by atoms with van der Waals surface area (Å²) in [4.78, 5) is 16.1. The summed E-state index contributed by atoms with van der Waals surface area (Å²) in [6.45, 7) is 0.708. The van der Waals surface area contributed by atoms with Crippen molar-refractivity contribution in [3.05, 3.63) is 70.9 Å². The van der Waals surface area contributed by atoms with E-state index >= 15 is 0 Å². The van der Waals surface area contributed by atoms with Crippen molar-refractivity contribution in [3.8, 4) is 0 Å². The lowest BCUT2D eigenvalue weighted by molar-refractivity contribution is 0.100. The molecule has 0 radical (unpaired) electrons. The first-order valence-electron chi connectivity index (χ1n) is 8.75. The zero-order valence-corrected chi connectivity index (χ0v) is 14.1. The second-order valence-electron chi connectivity index (χ2n) is 6.55. The maximum Gasteiger partial charge on any atom is 0.248 e. The number of para-hydroxylation sites is 1. The summed E-state index contributed by atoms with van der Waals surface area (Å²) in [5.74, 6) is -0.395. The van der Waals surface area contributed by atoms with Crippen LogP contribution in [0.5, 0.6) is 0 Å². The fraction of sp³-hybridized carbons (Fsp3) is 0.238. The van der Waals surface area contributed by atoms with Gasteiger partial charge in [-0.1, -0.05) is 30.3 Å². The van der Waals surface area contributed by atoms with Crippen molar-refractivity contribution in [1.29, 1.82) is 0 Å². The fourth-order valence-corrected chi connectivity index (χ4v) is 3.55. The molecule has 4 rings (SSSR count). The van der Waals surface area contributed by atoms with Gasteiger partial charge in [-0.2, -0.15) is 0 Å². The minimum Gasteiger partial charge on any atom is -0.380 e. The molecule has 0 bridgehead atoms. The van der Waals surface area contributed by atoms with Crippen LogP contribution in [0.25, 0.3) is 10.9 Å². The summed E-state index contributed by atoms with van der Waals surface area (Å²) >= 11 is 0. The van der Waals surface area contributed by atoms with Crippen LogP contribution < -0.4 is 11.1 Å². The van der Waals surface area contributed by atoms with Gasteiger partial charge in [-0.05, 0) is 55.0 Å². The molecule has 0 saturated carbocycles. The van der Waals surface area contributed by atoms with Gasteiger partial charge in [0.1, 0.15) is 0 Å². The highest BCUT2D eigenvalue weighted by Gasteiger charge is 2.17. The molecule has 2 aromatic carbocycles. The largest absolute Gasteiger partial charge is 0.380 e. The Hall–Kier alpha value is -2.88. The molecule has 1 aromatic heterocycles. The molecule has 4 heteroatoms. The number of amides is 1.